The van der Waals surface area contributed by atoms with Crippen molar-refractivity contribution in [3.05, 3.63) is 82.7 Å². The van der Waals surface area contributed by atoms with Crippen molar-refractivity contribution in [2.75, 3.05) is 0 Å². The molecule has 3 aromatic rings. The Morgan fingerprint density at radius 1 is 0.903 bits per heavy atom. The third kappa shape index (κ3) is 4.15. The fraction of sp³-hybridized carbons (Fsp3) is 0.296. The van der Waals surface area contributed by atoms with Crippen LogP contribution in [0.3, 0.4) is 0 Å². The van der Waals surface area contributed by atoms with E-state index >= 15 is 0 Å². The first-order valence-corrected chi connectivity index (χ1v) is 10.7. The largest absolute Gasteiger partial charge is 0.478 e. The molecule has 0 unspecified atom stereocenters. The number of rotatable bonds is 4. The maximum absolute atomic E-state index is 11.1. The van der Waals surface area contributed by atoms with Gasteiger partial charge in [0.05, 0.1) is 5.56 Å². The van der Waals surface area contributed by atoms with Gasteiger partial charge in [-0.15, -0.1) is 0 Å². The molecular formula is C27H28N2O2. The summed E-state index contributed by atoms with van der Waals surface area (Å²) in [5.41, 5.74) is 6.27. The van der Waals surface area contributed by atoms with E-state index in [9.17, 15) is 4.79 Å². The van der Waals surface area contributed by atoms with Gasteiger partial charge in [0.15, 0.2) is 5.82 Å². The first-order valence-electron chi connectivity index (χ1n) is 10.7. The molecule has 0 radical (unpaired) electrons. The smallest absolute Gasteiger partial charge is 0.335 e. The fourth-order valence-electron chi connectivity index (χ4n) is 4.32. The van der Waals surface area contributed by atoms with Gasteiger partial charge in [0.25, 0.3) is 0 Å². The van der Waals surface area contributed by atoms with Crippen molar-refractivity contribution in [2.45, 2.75) is 51.4 Å². The minimum absolute atomic E-state index is 0.100. The van der Waals surface area contributed by atoms with E-state index in [0.717, 1.165) is 29.5 Å². The van der Waals surface area contributed by atoms with Crippen LogP contribution >= 0.6 is 0 Å². The minimum Gasteiger partial charge on any atom is -0.478 e. The normalized spacial score (nSPS) is 16.8. The van der Waals surface area contributed by atoms with Crippen LogP contribution in [0.1, 0.15) is 73.1 Å². The van der Waals surface area contributed by atoms with Gasteiger partial charge in [-0.2, -0.15) is 0 Å². The van der Waals surface area contributed by atoms with Crippen molar-refractivity contribution in [2.24, 2.45) is 0 Å². The quantitative estimate of drug-likeness (QED) is 0.506. The number of fused-ring (bicyclic) bond motifs is 1. The van der Waals surface area contributed by atoms with E-state index in [4.69, 9.17) is 5.11 Å². The molecule has 1 aliphatic carbocycles. The molecule has 0 amide bonds. The highest BCUT2D eigenvalue weighted by Gasteiger charge is 2.37. The molecule has 0 spiro atoms. The molecule has 158 valence electrons. The lowest BCUT2D eigenvalue weighted by molar-refractivity contribution is 0.0697. The average molecular weight is 413 g/mol. The second kappa shape index (κ2) is 7.77. The second-order valence-electron chi connectivity index (χ2n) is 9.59. The summed E-state index contributed by atoms with van der Waals surface area (Å²) in [5.74, 6) is -0.205. The van der Waals surface area contributed by atoms with Crippen molar-refractivity contribution in [3.8, 4) is 11.4 Å². The van der Waals surface area contributed by atoms with Gasteiger partial charge in [-0.05, 0) is 70.2 Å². The molecule has 2 aromatic carbocycles. The van der Waals surface area contributed by atoms with Crippen LogP contribution in [0.4, 0.5) is 0 Å². The van der Waals surface area contributed by atoms with Crippen LogP contribution in [0.25, 0.3) is 23.5 Å². The third-order valence-electron chi connectivity index (χ3n) is 6.44. The van der Waals surface area contributed by atoms with Gasteiger partial charge in [0.2, 0.25) is 0 Å². The number of carboxylic acids is 1. The Morgan fingerprint density at radius 2 is 1.48 bits per heavy atom. The summed E-state index contributed by atoms with van der Waals surface area (Å²) in [7, 11) is 0. The van der Waals surface area contributed by atoms with Crippen molar-refractivity contribution >= 4 is 18.1 Å². The molecule has 4 heteroatoms. The van der Waals surface area contributed by atoms with Gasteiger partial charge in [0.1, 0.15) is 0 Å². The van der Waals surface area contributed by atoms with E-state index in [1.165, 1.54) is 11.1 Å². The molecular weight excluding hydrogens is 384 g/mol. The number of hydrogen-bond donors (Lipinski definition) is 1. The number of nitrogens with zero attached hydrogens (tertiary/aromatic N) is 2. The summed E-state index contributed by atoms with van der Waals surface area (Å²) in [6, 6.07) is 13.3. The van der Waals surface area contributed by atoms with Crippen LogP contribution in [0, 0.1) is 0 Å². The van der Waals surface area contributed by atoms with E-state index in [1.54, 1.807) is 24.5 Å². The first kappa shape index (κ1) is 21.0. The zero-order valence-corrected chi connectivity index (χ0v) is 18.5. The highest BCUT2D eigenvalue weighted by molar-refractivity contribution is 5.88. The van der Waals surface area contributed by atoms with Crippen LogP contribution < -0.4 is 0 Å². The minimum atomic E-state index is -0.918. The summed E-state index contributed by atoms with van der Waals surface area (Å²) < 4.78 is 0. The molecule has 1 aliphatic rings. The lowest BCUT2D eigenvalue weighted by Crippen LogP contribution is -2.34. The van der Waals surface area contributed by atoms with Crippen LogP contribution in [0.5, 0.6) is 0 Å². The number of carboxylic acid groups (broad SMARTS) is 1. The van der Waals surface area contributed by atoms with Crippen molar-refractivity contribution in [1.29, 1.82) is 0 Å². The lowest BCUT2D eigenvalue weighted by atomic mass is 9.62. The highest BCUT2D eigenvalue weighted by Crippen LogP contribution is 2.47. The molecule has 1 heterocycles. The van der Waals surface area contributed by atoms with Gasteiger partial charge in [-0.3, -0.25) is 0 Å². The molecule has 0 fully saturated rings. The maximum Gasteiger partial charge on any atom is 0.335 e. The fourth-order valence-corrected chi connectivity index (χ4v) is 4.32. The predicted molar refractivity (Wildman–Crippen MR) is 125 cm³/mol. The highest BCUT2D eigenvalue weighted by atomic mass is 16.4. The molecule has 4 rings (SSSR count). The summed E-state index contributed by atoms with van der Waals surface area (Å²) >= 11 is 0. The van der Waals surface area contributed by atoms with Gasteiger partial charge in [-0.25, -0.2) is 14.8 Å². The summed E-state index contributed by atoms with van der Waals surface area (Å²) in [4.78, 5) is 20.1. The van der Waals surface area contributed by atoms with Crippen LogP contribution in [0.2, 0.25) is 0 Å². The third-order valence-corrected chi connectivity index (χ3v) is 6.44. The standard InChI is InChI=1S/C27H28N2O2/c1-26(2)12-13-27(3,4)23-17-21(24-28-14-5-15-29-24)20(16-22(23)26)11-8-18-6-9-19(10-7-18)25(30)31/h5-11,14-17H,12-13H2,1-4H3,(H,30,31)/b11-8+. The van der Waals surface area contributed by atoms with Crippen LogP contribution in [0.15, 0.2) is 54.9 Å². The van der Waals surface area contributed by atoms with Gasteiger partial charge >= 0.3 is 5.97 Å². The molecule has 0 atom stereocenters. The Labute approximate surface area is 183 Å². The molecule has 0 saturated carbocycles. The van der Waals surface area contributed by atoms with Crippen molar-refractivity contribution in [3.63, 3.8) is 0 Å². The molecule has 0 aliphatic heterocycles. The number of hydrogen-bond acceptors (Lipinski definition) is 3. The summed E-state index contributed by atoms with van der Waals surface area (Å²) in [6.45, 7) is 9.27. The van der Waals surface area contributed by atoms with Gasteiger partial charge < -0.3 is 5.11 Å². The van der Waals surface area contributed by atoms with Crippen LogP contribution in [-0.4, -0.2) is 21.0 Å². The number of aromatic carboxylic acids is 1. The first-order chi connectivity index (χ1) is 14.7. The average Bonchev–Trinajstić information content (AvgIpc) is 2.76. The Balaban J connectivity index is 1.85. The maximum atomic E-state index is 11.1. The SMILES string of the molecule is CC1(C)CCC(C)(C)c2cc(-c3ncccn3)c(/C=C/c3ccc(C(=O)O)cc3)cc21. The molecule has 0 saturated heterocycles. The van der Waals surface area contributed by atoms with E-state index in [2.05, 4.69) is 55.9 Å². The van der Waals surface area contributed by atoms with Crippen molar-refractivity contribution in [1.82, 2.24) is 9.97 Å². The number of benzene rings is 2. The van der Waals surface area contributed by atoms with E-state index in [1.807, 2.05) is 24.3 Å². The summed E-state index contributed by atoms with van der Waals surface area (Å²) in [6.07, 6.45) is 9.94. The van der Waals surface area contributed by atoms with E-state index < -0.39 is 5.97 Å². The topological polar surface area (TPSA) is 63.1 Å². The van der Waals surface area contributed by atoms with Crippen molar-refractivity contribution < 1.29 is 9.90 Å². The lowest BCUT2D eigenvalue weighted by Gasteiger charge is -2.42. The Kier molecular flexibility index (Phi) is 5.26. The second-order valence-corrected chi connectivity index (χ2v) is 9.59. The van der Waals surface area contributed by atoms with Crippen LogP contribution in [-0.2, 0) is 10.8 Å². The monoisotopic (exact) mass is 412 g/mol. The van der Waals surface area contributed by atoms with Gasteiger partial charge in [0, 0.05) is 18.0 Å². The number of carbonyl (C=O) groups is 1. The van der Waals surface area contributed by atoms with Gasteiger partial charge in [-0.1, -0.05) is 58.0 Å². The molecule has 31 heavy (non-hydrogen) atoms. The van der Waals surface area contributed by atoms with E-state index in [-0.39, 0.29) is 16.4 Å². The van der Waals surface area contributed by atoms with E-state index in [0.29, 0.717) is 5.82 Å². The molecule has 1 aromatic heterocycles. The zero-order valence-electron chi connectivity index (χ0n) is 18.5. The Hall–Kier alpha value is -3.27. The Bertz CT molecular complexity index is 1140. The molecule has 4 nitrogen and oxygen atoms in total. The number of aromatic nitrogens is 2. The molecule has 0 bridgehead atoms. The summed E-state index contributed by atoms with van der Waals surface area (Å²) in [5, 5.41) is 9.12. The molecule has 1 N–H and O–H groups in total. The predicted octanol–water partition coefficient (Wildman–Crippen LogP) is 6.36. The zero-order chi connectivity index (χ0) is 22.2. The Morgan fingerprint density at radius 3 is 2.06 bits per heavy atom.